The van der Waals surface area contributed by atoms with E-state index in [0.29, 0.717) is 4.57 Å². The molecule has 1 aliphatic heterocycles. The van der Waals surface area contributed by atoms with Crippen LogP contribution in [-0.4, -0.2) is 76.5 Å². The smallest absolute Gasteiger partial charge is 0.412 e. The molecule has 1 unspecified atom stereocenters. The highest BCUT2D eigenvalue weighted by atomic mass is 31.2. The van der Waals surface area contributed by atoms with Gasteiger partial charge in [0.1, 0.15) is 11.9 Å². The molecule has 5 N–H and O–H groups in total. The molecule has 34 heavy (non-hydrogen) atoms. The number of methoxy groups -OCH3 is 1. The largest absolute Gasteiger partial charge is 0.453 e. The van der Waals surface area contributed by atoms with Gasteiger partial charge in [0.05, 0.1) is 19.8 Å². The van der Waals surface area contributed by atoms with E-state index < -0.39 is 68.4 Å². The summed E-state index contributed by atoms with van der Waals surface area (Å²) in [5.74, 6) is -5.33. The van der Waals surface area contributed by atoms with Crippen LogP contribution in [0.15, 0.2) is 17.1 Å². The van der Waals surface area contributed by atoms with Crippen molar-refractivity contribution >= 4 is 25.6 Å². The van der Waals surface area contributed by atoms with Gasteiger partial charge in [-0.15, -0.1) is 0 Å². The Balaban J connectivity index is 2.14. The maximum Gasteiger partial charge on any atom is 0.412 e. The number of aromatic nitrogens is 2. The Kier molecular flexibility index (Phi) is 8.85. The number of alkyl halides is 2. The zero-order valence-electron chi connectivity index (χ0n) is 18.6. The molecular formula is C17H26F2N5O9P. The lowest BCUT2D eigenvalue weighted by Gasteiger charge is -2.24. The van der Waals surface area contributed by atoms with Crippen LogP contribution in [0.25, 0.3) is 0 Å². The molecule has 192 valence electrons. The van der Waals surface area contributed by atoms with Gasteiger partial charge in [-0.25, -0.2) is 19.2 Å². The number of halogens is 2. The lowest BCUT2D eigenvalue weighted by Crippen LogP contribution is -2.45. The number of carbonyl (C=O) groups excluding carboxylic acids is 2. The number of aliphatic hydroxyl groups is 1. The van der Waals surface area contributed by atoms with E-state index in [0.717, 1.165) is 19.4 Å². The Bertz CT molecular complexity index is 1010. The second kappa shape index (κ2) is 10.8. The Labute approximate surface area is 192 Å². The highest BCUT2D eigenvalue weighted by Crippen LogP contribution is 2.45. The number of hydrogen-bond donors (Lipinski definition) is 5. The highest BCUT2D eigenvalue weighted by molar-refractivity contribution is 7.50. The maximum atomic E-state index is 14.7. The fraction of sp³-hybridized carbons (Fsp3) is 0.647. The van der Waals surface area contributed by atoms with Crippen molar-refractivity contribution in [2.24, 2.45) is 5.92 Å². The number of anilines is 1. The summed E-state index contributed by atoms with van der Waals surface area (Å²) in [4.78, 5) is 48.7. The van der Waals surface area contributed by atoms with E-state index in [1.54, 1.807) is 13.8 Å². The summed E-state index contributed by atoms with van der Waals surface area (Å²) >= 11 is 0. The summed E-state index contributed by atoms with van der Waals surface area (Å²) in [6, 6.07) is -0.115. The van der Waals surface area contributed by atoms with Crippen LogP contribution in [-0.2, 0) is 23.4 Å². The molecule has 1 aliphatic rings. The summed E-state index contributed by atoms with van der Waals surface area (Å²) in [6.45, 7) is 2.22. The maximum absolute atomic E-state index is 14.7. The van der Waals surface area contributed by atoms with E-state index in [1.807, 2.05) is 0 Å². The molecule has 14 nitrogen and oxygen atoms in total. The lowest BCUT2D eigenvalue weighted by molar-refractivity contribution is -0.140. The molecule has 0 aliphatic carbocycles. The molecule has 1 fully saturated rings. The summed E-state index contributed by atoms with van der Waals surface area (Å²) in [6.07, 6.45) is -6.76. The van der Waals surface area contributed by atoms with Crippen molar-refractivity contribution in [2.75, 3.05) is 26.1 Å². The first-order valence-electron chi connectivity index (χ1n) is 9.85. The Morgan fingerprint density at radius 2 is 2.06 bits per heavy atom. The van der Waals surface area contributed by atoms with Crippen molar-refractivity contribution in [1.82, 2.24) is 20.0 Å². The Hall–Kier alpha value is -2.49. The standard InChI is InChI=1S/C17H26F2N5O9P/c1-8(2)11(13(26)20-3)23-34(29,30)32-7-9-12(25)17(18,19)14(33-9)24-6-5-10(21-15(24)27)22-16(28)31-4/h5-6,8-9,11-12,14,25H,7H2,1-4H3,(H,20,26)(H2,23,29,30)(H,21,22,27,28)/t9-,11+,12-,14-/m1/s1. The van der Waals surface area contributed by atoms with Gasteiger partial charge in [-0.1, -0.05) is 13.8 Å². The molecule has 0 radical (unpaired) electrons. The van der Waals surface area contributed by atoms with Crippen LogP contribution in [0.3, 0.4) is 0 Å². The topological polar surface area (TPSA) is 190 Å². The van der Waals surface area contributed by atoms with Gasteiger partial charge in [-0.3, -0.25) is 19.2 Å². The molecule has 17 heteroatoms. The van der Waals surface area contributed by atoms with Gasteiger partial charge < -0.3 is 24.8 Å². The molecule has 0 bridgehead atoms. The van der Waals surface area contributed by atoms with E-state index >= 15 is 0 Å². The average molecular weight is 513 g/mol. The number of rotatable bonds is 9. The Morgan fingerprint density at radius 3 is 2.59 bits per heavy atom. The number of nitrogens with one attached hydrogen (secondary N) is 3. The number of hydrogen-bond acceptors (Lipinski definition) is 9. The van der Waals surface area contributed by atoms with Gasteiger partial charge in [0, 0.05) is 13.2 Å². The predicted molar refractivity (Wildman–Crippen MR) is 111 cm³/mol. The van der Waals surface area contributed by atoms with Crippen LogP contribution in [0.1, 0.15) is 20.1 Å². The van der Waals surface area contributed by atoms with E-state index in [2.05, 4.69) is 25.4 Å². The summed E-state index contributed by atoms with van der Waals surface area (Å²) in [5.41, 5.74) is -1.24. The third-order valence-electron chi connectivity index (χ3n) is 4.79. The molecule has 5 atom stereocenters. The summed E-state index contributed by atoms with van der Waals surface area (Å²) < 4.78 is 56.2. The molecule has 2 amide bonds. The molecule has 1 aromatic rings. The zero-order chi connectivity index (χ0) is 25.8. The lowest BCUT2D eigenvalue weighted by atomic mass is 10.1. The first-order chi connectivity index (χ1) is 15.7. The average Bonchev–Trinajstić information content (AvgIpc) is 2.99. The van der Waals surface area contributed by atoms with E-state index in [9.17, 15) is 37.7 Å². The number of nitrogens with zero attached hydrogens (tertiary/aromatic N) is 2. The second-order valence-electron chi connectivity index (χ2n) is 7.55. The van der Waals surface area contributed by atoms with Crippen LogP contribution in [0, 0.1) is 5.92 Å². The minimum Gasteiger partial charge on any atom is -0.453 e. The van der Waals surface area contributed by atoms with Crippen molar-refractivity contribution in [2.45, 2.75) is 44.2 Å². The van der Waals surface area contributed by atoms with Crippen molar-refractivity contribution in [1.29, 1.82) is 0 Å². The van der Waals surface area contributed by atoms with Crippen LogP contribution in [0.2, 0.25) is 0 Å². The van der Waals surface area contributed by atoms with E-state index in [4.69, 9.17) is 9.26 Å². The molecule has 2 rings (SSSR count). The van der Waals surface area contributed by atoms with Gasteiger partial charge in [0.2, 0.25) is 12.1 Å². The molecular weight excluding hydrogens is 487 g/mol. The Morgan fingerprint density at radius 1 is 1.41 bits per heavy atom. The first-order valence-corrected chi connectivity index (χ1v) is 11.4. The van der Waals surface area contributed by atoms with E-state index in [-0.39, 0.29) is 5.82 Å². The predicted octanol–water partition coefficient (Wildman–Crippen LogP) is -0.208. The van der Waals surface area contributed by atoms with Crippen molar-refractivity contribution in [3.63, 3.8) is 0 Å². The highest BCUT2D eigenvalue weighted by Gasteiger charge is 2.60. The molecule has 0 saturated carbocycles. The minimum atomic E-state index is -4.69. The molecule has 2 heterocycles. The van der Waals surface area contributed by atoms with Gasteiger partial charge in [0.25, 0.3) is 0 Å². The SMILES string of the molecule is CNC(=O)[C@@H](NP(=O)(O)OC[C@H]1O[C@@H](n2ccc(NC(=O)OC)nc2=O)C(F)(F)[C@@H]1O)C(C)C. The van der Waals surface area contributed by atoms with Crippen LogP contribution in [0.5, 0.6) is 0 Å². The number of amides is 2. The van der Waals surface area contributed by atoms with Crippen LogP contribution >= 0.6 is 7.75 Å². The monoisotopic (exact) mass is 513 g/mol. The number of aliphatic hydroxyl groups excluding tert-OH is 1. The normalized spacial score (nSPS) is 24.3. The number of ether oxygens (including phenoxy) is 2. The van der Waals surface area contributed by atoms with Crippen LogP contribution in [0.4, 0.5) is 19.4 Å². The van der Waals surface area contributed by atoms with Gasteiger partial charge in [-0.05, 0) is 12.0 Å². The quantitative estimate of drug-likeness (QED) is 0.275. The second-order valence-corrected chi connectivity index (χ2v) is 9.10. The minimum absolute atomic E-state index is 0.280. The third kappa shape index (κ3) is 6.34. The van der Waals surface area contributed by atoms with Crippen LogP contribution < -0.4 is 21.4 Å². The molecule has 1 aromatic heterocycles. The summed E-state index contributed by atoms with van der Waals surface area (Å²) in [7, 11) is -2.31. The summed E-state index contributed by atoms with van der Waals surface area (Å²) in [5, 5.41) is 16.5. The van der Waals surface area contributed by atoms with Crippen molar-refractivity contribution in [3.8, 4) is 0 Å². The fourth-order valence-corrected chi connectivity index (χ4v) is 4.17. The van der Waals surface area contributed by atoms with Gasteiger partial charge in [0.15, 0.2) is 6.10 Å². The van der Waals surface area contributed by atoms with E-state index in [1.165, 1.54) is 7.05 Å². The van der Waals surface area contributed by atoms with Gasteiger partial charge >= 0.3 is 25.5 Å². The first kappa shape index (κ1) is 27.8. The van der Waals surface area contributed by atoms with Gasteiger partial charge in [-0.2, -0.15) is 13.8 Å². The number of likely N-dealkylation sites (N-methyl/N-ethyl adjacent to an activating group) is 1. The number of carbonyl (C=O) groups is 2. The fourth-order valence-electron chi connectivity index (χ4n) is 2.98. The van der Waals surface area contributed by atoms with Crippen molar-refractivity contribution < 1.29 is 46.9 Å². The molecule has 1 saturated heterocycles. The zero-order valence-corrected chi connectivity index (χ0v) is 19.5. The van der Waals surface area contributed by atoms with Crippen molar-refractivity contribution in [3.05, 3.63) is 22.7 Å². The third-order valence-corrected chi connectivity index (χ3v) is 5.89. The molecule has 0 spiro atoms. The molecule has 0 aromatic carbocycles.